The third-order valence-electron chi connectivity index (χ3n) is 4.43. The van der Waals surface area contributed by atoms with E-state index in [1.54, 1.807) is 25.1 Å². The number of carbonyl (C=O) groups is 2. The molecule has 0 spiro atoms. The highest BCUT2D eigenvalue weighted by atomic mass is 19.1. The van der Waals surface area contributed by atoms with E-state index in [-0.39, 0.29) is 30.8 Å². The molecule has 0 aromatic heterocycles. The van der Waals surface area contributed by atoms with Crippen LogP contribution in [0.1, 0.15) is 31.4 Å². The van der Waals surface area contributed by atoms with Crippen LogP contribution in [0.5, 0.6) is 5.75 Å². The zero-order chi connectivity index (χ0) is 20.5. The van der Waals surface area contributed by atoms with E-state index in [4.69, 9.17) is 4.74 Å². The molecule has 2 rings (SSSR count). The lowest BCUT2D eigenvalue weighted by Gasteiger charge is -2.28. The molecule has 0 bridgehead atoms. The van der Waals surface area contributed by atoms with Crippen LogP contribution < -0.4 is 10.1 Å². The van der Waals surface area contributed by atoms with Crippen molar-refractivity contribution in [3.8, 4) is 5.75 Å². The average Bonchev–Trinajstić information content (AvgIpc) is 2.70. The van der Waals surface area contributed by atoms with Crippen molar-refractivity contribution in [1.82, 2.24) is 10.2 Å². The van der Waals surface area contributed by atoms with Gasteiger partial charge in [0.1, 0.15) is 17.6 Å². The fraction of sp³-hybridized carbons (Fsp3) is 0.364. The number of rotatable bonds is 9. The van der Waals surface area contributed by atoms with Crippen molar-refractivity contribution < 1.29 is 18.7 Å². The van der Waals surface area contributed by atoms with E-state index in [0.717, 1.165) is 17.5 Å². The summed E-state index contributed by atoms with van der Waals surface area (Å²) >= 11 is 0. The number of nitrogens with zero attached hydrogens (tertiary/aromatic N) is 1. The molecule has 1 N–H and O–H groups in total. The van der Waals surface area contributed by atoms with Crippen molar-refractivity contribution in [1.29, 1.82) is 0 Å². The molecule has 0 aliphatic heterocycles. The van der Waals surface area contributed by atoms with Gasteiger partial charge in [0.05, 0.1) is 0 Å². The maximum atomic E-state index is 13.2. The third kappa shape index (κ3) is 6.08. The summed E-state index contributed by atoms with van der Waals surface area (Å²) in [4.78, 5) is 26.7. The number of carbonyl (C=O) groups excluding carboxylic acids is 2. The molecular weight excluding hydrogens is 359 g/mol. The Kier molecular flexibility index (Phi) is 7.99. The van der Waals surface area contributed by atoms with Crippen molar-refractivity contribution in [2.45, 2.75) is 39.8 Å². The number of amides is 2. The Morgan fingerprint density at radius 3 is 2.46 bits per heavy atom. The molecule has 6 heteroatoms. The number of ether oxygens (including phenoxy) is 1. The van der Waals surface area contributed by atoms with Crippen molar-refractivity contribution >= 4 is 11.8 Å². The van der Waals surface area contributed by atoms with Crippen LogP contribution in [0.3, 0.4) is 0 Å². The van der Waals surface area contributed by atoms with Crippen LogP contribution in [-0.4, -0.2) is 35.9 Å². The predicted octanol–water partition coefficient (Wildman–Crippen LogP) is 3.46. The Bertz CT molecular complexity index is 793. The smallest absolute Gasteiger partial charge is 0.261 e. The first-order chi connectivity index (χ1) is 13.4. The lowest BCUT2D eigenvalue weighted by molar-refractivity contribution is -0.142. The second-order valence-corrected chi connectivity index (χ2v) is 6.67. The van der Waals surface area contributed by atoms with Gasteiger partial charge in [-0.05, 0) is 49.6 Å². The molecule has 0 aliphatic carbocycles. The normalized spacial score (nSPS) is 11.6. The van der Waals surface area contributed by atoms with Gasteiger partial charge in [0.2, 0.25) is 5.91 Å². The highest BCUT2D eigenvalue weighted by Crippen LogP contribution is 2.17. The second-order valence-electron chi connectivity index (χ2n) is 6.67. The SMILES string of the molecule is CCCNC(=O)[C@H](C)N(Cc1ccc(F)cc1)C(=O)COc1ccccc1C. The molecule has 1 atom stereocenters. The van der Waals surface area contributed by atoms with E-state index in [2.05, 4.69) is 5.32 Å². The van der Waals surface area contributed by atoms with Crippen molar-refractivity contribution in [2.24, 2.45) is 0 Å². The molecule has 0 fully saturated rings. The molecule has 28 heavy (non-hydrogen) atoms. The maximum absolute atomic E-state index is 13.2. The molecule has 0 heterocycles. The topological polar surface area (TPSA) is 58.6 Å². The lowest BCUT2D eigenvalue weighted by Crippen LogP contribution is -2.49. The summed E-state index contributed by atoms with van der Waals surface area (Å²) in [6.45, 7) is 6.09. The number of benzene rings is 2. The fourth-order valence-electron chi connectivity index (χ4n) is 2.71. The molecule has 0 aliphatic rings. The summed E-state index contributed by atoms with van der Waals surface area (Å²) in [5.41, 5.74) is 1.66. The molecule has 150 valence electrons. The van der Waals surface area contributed by atoms with Crippen molar-refractivity contribution in [3.05, 3.63) is 65.5 Å². The third-order valence-corrected chi connectivity index (χ3v) is 4.43. The monoisotopic (exact) mass is 386 g/mol. The Balaban J connectivity index is 2.13. The molecule has 0 radical (unpaired) electrons. The highest BCUT2D eigenvalue weighted by Gasteiger charge is 2.26. The first-order valence-corrected chi connectivity index (χ1v) is 9.42. The number of nitrogens with one attached hydrogen (secondary N) is 1. The summed E-state index contributed by atoms with van der Waals surface area (Å²) in [5.74, 6) is -0.265. The highest BCUT2D eigenvalue weighted by molar-refractivity contribution is 5.87. The summed E-state index contributed by atoms with van der Waals surface area (Å²) in [6, 6.07) is 12.6. The van der Waals surface area contributed by atoms with Crippen LogP contribution in [0.15, 0.2) is 48.5 Å². The van der Waals surface area contributed by atoms with Gasteiger partial charge in [0, 0.05) is 13.1 Å². The Hall–Kier alpha value is -2.89. The van der Waals surface area contributed by atoms with Gasteiger partial charge in [0.25, 0.3) is 5.91 Å². The quantitative estimate of drug-likeness (QED) is 0.718. The number of aryl methyl sites for hydroxylation is 1. The molecule has 2 amide bonds. The van der Waals surface area contributed by atoms with E-state index in [0.29, 0.717) is 12.3 Å². The minimum atomic E-state index is -0.676. The molecule has 0 saturated carbocycles. The molecule has 5 nitrogen and oxygen atoms in total. The first kappa shape index (κ1) is 21.4. The number of hydrogen-bond donors (Lipinski definition) is 1. The van der Waals surface area contributed by atoms with Crippen LogP contribution in [0.25, 0.3) is 0 Å². The van der Waals surface area contributed by atoms with Gasteiger partial charge < -0.3 is 15.0 Å². The van der Waals surface area contributed by atoms with E-state index in [1.807, 2.05) is 32.0 Å². The zero-order valence-corrected chi connectivity index (χ0v) is 16.6. The molecule has 2 aromatic rings. The minimum absolute atomic E-state index is 0.183. The van der Waals surface area contributed by atoms with Crippen LogP contribution in [0, 0.1) is 12.7 Å². The molecular formula is C22H27FN2O3. The van der Waals surface area contributed by atoms with Crippen LogP contribution >= 0.6 is 0 Å². The van der Waals surface area contributed by atoms with Crippen molar-refractivity contribution in [3.63, 3.8) is 0 Å². The number of halogens is 1. The standard InChI is InChI=1S/C22H27FN2O3/c1-4-13-24-22(27)17(3)25(14-18-9-11-19(23)12-10-18)21(26)15-28-20-8-6-5-7-16(20)2/h5-12,17H,4,13-15H2,1-3H3,(H,24,27)/t17-/m0/s1. The van der Waals surface area contributed by atoms with Gasteiger partial charge in [-0.15, -0.1) is 0 Å². The Labute approximate surface area is 165 Å². The second kappa shape index (κ2) is 10.4. The van der Waals surface area contributed by atoms with Crippen LogP contribution in [0.4, 0.5) is 4.39 Å². The first-order valence-electron chi connectivity index (χ1n) is 9.42. The Morgan fingerprint density at radius 1 is 1.14 bits per heavy atom. The fourth-order valence-corrected chi connectivity index (χ4v) is 2.71. The van der Waals surface area contributed by atoms with Gasteiger partial charge in [-0.2, -0.15) is 0 Å². The number of para-hydroxylation sites is 1. The van der Waals surface area contributed by atoms with E-state index in [9.17, 15) is 14.0 Å². The number of hydrogen-bond acceptors (Lipinski definition) is 3. The molecule has 0 unspecified atom stereocenters. The van der Waals surface area contributed by atoms with Gasteiger partial charge in [-0.25, -0.2) is 4.39 Å². The molecule has 0 saturated heterocycles. The Morgan fingerprint density at radius 2 is 1.82 bits per heavy atom. The van der Waals surface area contributed by atoms with Gasteiger partial charge >= 0.3 is 0 Å². The lowest BCUT2D eigenvalue weighted by atomic mass is 10.1. The minimum Gasteiger partial charge on any atom is -0.484 e. The van der Waals surface area contributed by atoms with Crippen LogP contribution in [0.2, 0.25) is 0 Å². The maximum Gasteiger partial charge on any atom is 0.261 e. The summed E-state index contributed by atoms with van der Waals surface area (Å²) in [7, 11) is 0. The van der Waals surface area contributed by atoms with Gasteiger partial charge in [-0.3, -0.25) is 9.59 Å². The van der Waals surface area contributed by atoms with Crippen molar-refractivity contribution in [2.75, 3.05) is 13.2 Å². The zero-order valence-electron chi connectivity index (χ0n) is 16.6. The summed E-state index contributed by atoms with van der Waals surface area (Å²) in [5, 5.41) is 2.81. The van der Waals surface area contributed by atoms with Gasteiger partial charge in [0.15, 0.2) is 6.61 Å². The van der Waals surface area contributed by atoms with Crippen LogP contribution in [-0.2, 0) is 16.1 Å². The van der Waals surface area contributed by atoms with E-state index in [1.165, 1.54) is 17.0 Å². The molecule has 2 aromatic carbocycles. The largest absolute Gasteiger partial charge is 0.484 e. The summed E-state index contributed by atoms with van der Waals surface area (Å²) < 4.78 is 18.9. The van der Waals surface area contributed by atoms with E-state index >= 15 is 0 Å². The average molecular weight is 386 g/mol. The van der Waals surface area contributed by atoms with Gasteiger partial charge in [-0.1, -0.05) is 37.3 Å². The van der Waals surface area contributed by atoms with E-state index < -0.39 is 6.04 Å². The predicted molar refractivity (Wildman–Crippen MR) is 106 cm³/mol. The summed E-state index contributed by atoms with van der Waals surface area (Å²) in [6.07, 6.45) is 0.806.